The Kier molecular flexibility index (Phi) is 44.4. The van der Waals surface area contributed by atoms with E-state index in [-0.39, 0.29) is 32.3 Å². The van der Waals surface area contributed by atoms with Crippen molar-refractivity contribution in [3.63, 3.8) is 0 Å². The van der Waals surface area contributed by atoms with Crippen LogP contribution in [0, 0.1) is 0 Å². The van der Waals surface area contributed by atoms with Gasteiger partial charge in [-0.1, -0.05) is 177 Å². The van der Waals surface area contributed by atoms with E-state index in [4.69, 9.17) is 24.3 Å². The standard InChI is InChI=1S/C49H88NO7P/c1-3-5-7-9-11-13-15-17-19-20-21-22-23-24-25-26-27-28-29-30-32-34-36-38-40-42-49(51)57-48(47-56-58(52,53)55-45-43-50)46-54-44-41-39-37-35-33-31-18-16-14-12-10-8-6-4-2/h5,7,11,13-14,16-17,19,21-22,24-25,48H,3-4,6,8-10,12,15,18,20,23,26-47,50H2,1-2H3,(H,52,53)/b7-5-,13-11-,16-14-,19-17-,22-21-,25-24-. The maximum Gasteiger partial charge on any atom is 0.472 e. The fourth-order valence-electron chi connectivity index (χ4n) is 6.19. The first-order valence-corrected chi connectivity index (χ1v) is 24.9. The molecular weight excluding hydrogens is 746 g/mol. The number of carbonyl (C=O) groups is 1. The van der Waals surface area contributed by atoms with Crippen molar-refractivity contribution in [3.05, 3.63) is 72.9 Å². The van der Waals surface area contributed by atoms with E-state index in [0.29, 0.717) is 13.0 Å². The van der Waals surface area contributed by atoms with Crippen molar-refractivity contribution in [2.75, 3.05) is 33.0 Å². The maximum absolute atomic E-state index is 12.6. The predicted octanol–water partition coefficient (Wildman–Crippen LogP) is 14.3. The van der Waals surface area contributed by atoms with E-state index in [2.05, 4.69) is 86.8 Å². The highest BCUT2D eigenvalue weighted by Crippen LogP contribution is 2.43. The highest BCUT2D eigenvalue weighted by molar-refractivity contribution is 7.47. The highest BCUT2D eigenvalue weighted by atomic mass is 31.2. The van der Waals surface area contributed by atoms with Crippen LogP contribution < -0.4 is 5.73 Å². The van der Waals surface area contributed by atoms with Gasteiger partial charge in [0, 0.05) is 19.6 Å². The number of allylic oxidation sites excluding steroid dienone is 12. The van der Waals surface area contributed by atoms with Crippen molar-refractivity contribution in [1.82, 2.24) is 0 Å². The minimum Gasteiger partial charge on any atom is -0.457 e. The Morgan fingerprint density at radius 2 is 0.966 bits per heavy atom. The third-order valence-corrected chi connectivity index (χ3v) is 10.6. The van der Waals surface area contributed by atoms with Crippen LogP contribution >= 0.6 is 7.82 Å². The molecule has 0 rings (SSSR count). The molecule has 0 bridgehead atoms. The van der Waals surface area contributed by atoms with Crippen LogP contribution in [0.4, 0.5) is 0 Å². The average molecular weight is 834 g/mol. The number of phosphoric ester groups is 1. The lowest BCUT2D eigenvalue weighted by Crippen LogP contribution is -2.28. The molecule has 2 atom stereocenters. The highest BCUT2D eigenvalue weighted by Gasteiger charge is 2.25. The minimum absolute atomic E-state index is 0.0953. The molecule has 0 aliphatic rings. The van der Waals surface area contributed by atoms with Crippen molar-refractivity contribution < 1.29 is 32.8 Å². The zero-order valence-electron chi connectivity index (χ0n) is 37.3. The quantitative estimate of drug-likeness (QED) is 0.0270. The third-order valence-electron chi connectivity index (χ3n) is 9.61. The number of nitrogens with two attached hydrogens (primary N) is 1. The molecule has 8 nitrogen and oxygen atoms in total. The molecule has 0 aliphatic heterocycles. The summed E-state index contributed by atoms with van der Waals surface area (Å²) in [6.07, 6.45) is 57.8. The molecule has 58 heavy (non-hydrogen) atoms. The molecular formula is C49H88NO7P. The van der Waals surface area contributed by atoms with Gasteiger partial charge in [0.25, 0.3) is 0 Å². The first-order chi connectivity index (χ1) is 28.4. The molecule has 0 radical (unpaired) electrons. The number of ether oxygens (including phenoxy) is 2. The van der Waals surface area contributed by atoms with Gasteiger partial charge in [0.15, 0.2) is 0 Å². The van der Waals surface area contributed by atoms with Gasteiger partial charge in [-0.2, -0.15) is 0 Å². The van der Waals surface area contributed by atoms with Gasteiger partial charge in [0.05, 0.1) is 19.8 Å². The van der Waals surface area contributed by atoms with Gasteiger partial charge in [0.2, 0.25) is 0 Å². The van der Waals surface area contributed by atoms with Crippen LogP contribution in [0.3, 0.4) is 0 Å². The van der Waals surface area contributed by atoms with Crippen LogP contribution in [0.15, 0.2) is 72.9 Å². The molecule has 0 saturated heterocycles. The minimum atomic E-state index is -4.28. The Labute approximate surface area is 356 Å². The number of hydrogen-bond acceptors (Lipinski definition) is 7. The van der Waals surface area contributed by atoms with Crippen molar-refractivity contribution in [2.45, 2.75) is 200 Å². The number of phosphoric acid groups is 1. The summed E-state index contributed by atoms with van der Waals surface area (Å²) >= 11 is 0. The van der Waals surface area contributed by atoms with E-state index in [1.54, 1.807) is 0 Å². The van der Waals surface area contributed by atoms with Gasteiger partial charge in [-0.3, -0.25) is 13.8 Å². The second-order valence-corrected chi connectivity index (χ2v) is 16.7. The summed E-state index contributed by atoms with van der Waals surface area (Å²) in [5.74, 6) is -0.341. The van der Waals surface area contributed by atoms with Crippen molar-refractivity contribution in [2.24, 2.45) is 5.73 Å². The summed E-state index contributed by atoms with van der Waals surface area (Å²) in [7, 11) is -4.28. The summed E-state index contributed by atoms with van der Waals surface area (Å²) < 4.78 is 33.5. The summed E-state index contributed by atoms with van der Waals surface area (Å²) in [4.78, 5) is 22.5. The van der Waals surface area contributed by atoms with E-state index in [9.17, 15) is 14.3 Å². The van der Waals surface area contributed by atoms with E-state index >= 15 is 0 Å². The molecule has 0 amide bonds. The molecule has 336 valence electrons. The lowest BCUT2D eigenvalue weighted by atomic mass is 10.1. The fraction of sp³-hybridized carbons (Fsp3) is 0.735. The number of esters is 1. The van der Waals surface area contributed by atoms with E-state index < -0.39 is 13.9 Å². The van der Waals surface area contributed by atoms with Crippen LogP contribution in [0.5, 0.6) is 0 Å². The van der Waals surface area contributed by atoms with Crippen LogP contribution in [0.1, 0.15) is 194 Å². The number of hydrogen-bond donors (Lipinski definition) is 2. The van der Waals surface area contributed by atoms with Crippen molar-refractivity contribution >= 4 is 13.8 Å². The van der Waals surface area contributed by atoms with Gasteiger partial charge >= 0.3 is 13.8 Å². The lowest BCUT2D eigenvalue weighted by Gasteiger charge is -2.20. The van der Waals surface area contributed by atoms with Crippen molar-refractivity contribution in [3.8, 4) is 0 Å². The second-order valence-electron chi connectivity index (χ2n) is 15.2. The van der Waals surface area contributed by atoms with E-state index in [1.807, 2.05) is 0 Å². The van der Waals surface area contributed by atoms with Gasteiger partial charge in [-0.15, -0.1) is 0 Å². The first-order valence-electron chi connectivity index (χ1n) is 23.4. The third kappa shape index (κ3) is 45.0. The van der Waals surface area contributed by atoms with Gasteiger partial charge in [-0.25, -0.2) is 4.57 Å². The second kappa shape index (κ2) is 46.0. The summed E-state index contributed by atoms with van der Waals surface area (Å²) in [6, 6.07) is 0. The zero-order chi connectivity index (χ0) is 42.3. The van der Waals surface area contributed by atoms with Crippen LogP contribution in [0.2, 0.25) is 0 Å². The Bertz CT molecular complexity index is 1120. The van der Waals surface area contributed by atoms with E-state index in [0.717, 1.165) is 70.6 Å². The summed E-state index contributed by atoms with van der Waals surface area (Å²) in [5.41, 5.74) is 5.37. The predicted molar refractivity (Wildman–Crippen MR) is 247 cm³/mol. The molecule has 0 aromatic carbocycles. The molecule has 0 heterocycles. The first kappa shape index (κ1) is 55.9. The van der Waals surface area contributed by atoms with E-state index in [1.165, 1.54) is 103 Å². The smallest absolute Gasteiger partial charge is 0.457 e. The Morgan fingerprint density at radius 3 is 1.47 bits per heavy atom. The van der Waals surface area contributed by atoms with Gasteiger partial charge < -0.3 is 20.1 Å². The monoisotopic (exact) mass is 834 g/mol. The fourth-order valence-corrected chi connectivity index (χ4v) is 6.96. The molecule has 0 spiro atoms. The molecule has 0 saturated carbocycles. The summed E-state index contributed by atoms with van der Waals surface area (Å²) in [6.45, 7) is 4.77. The molecule has 3 N–H and O–H groups in total. The maximum atomic E-state index is 12.6. The molecule has 9 heteroatoms. The topological polar surface area (TPSA) is 117 Å². The van der Waals surface area contributed by atoms with Gasteiger partial charge in [0.1, 0.15) is 6.10 Å². The lowest BCUT2D eigenvalue weighted by molar-refractivity contribution is -0.154. The van der Waals surface area contributed by atoms with Crippen LogP contribution in [-0.4, -0.2) is 49.9 Å². The SMILES string of the molecule is CC/C=C\C/C=C\C/C=C\C/C=C\C/C=C\CCCCCCCCCCCC(=O)OC(COCCCCCCCC/C=C\CCCCCC)COP(=O)(O)OCCN. The molecule has 0 aliphatic carbocycles. The molecule has 0 fully saturated rings. The zero-order valence-corrected chi connectivity index (χ0v) is 38.2. The van der Waals surface area contributed by atoms with Crippen LogP contribution in [-0.2, 0) is 27.9 Å². The Morgan fingerprint density at radius 1 is 0.534 bits per heavy atom. The van der Waals surface area contributed by atoms with Crippen LogP contribution in [0.25, 0.3) is 0 Å². The van der Waals surface area contributed by atoms with Gasteiger partial charge in [-0.05, 0) is 83.5 Å². The van der Waals surface area contributed by atoms with Crippen molar-refractivity contribution in [1.29, 1.82) is 0 Å². The summed E-state index contributed by atoms with van der Waals surface area (Å²) in [5, 5.41) is 0. The normalized spacial score (nSPS) is 14.1. The molecule has 0 aromatic heterocycles. The Balaban J connectivity index is 3.99. The Hall–Kier alpha value is -2.06. The molecule has 2 unspecified atom stereocenters. The number of unbranched alkanes of at least 4 members (excludes halogenated alkanes) is 19. The number of rotatable bonds is 44. The largest absolute Gasteiger partial charge is 0.472 e. The molecule has 0 aromatic rings. The number of carbonyl (C=O) groups excluding carboxylic acids is 1. The average Bonchev–Trinajstić information content (AvgIpc) is 3.21.